The smallest absolute Gasteiger partial charge is 0.259 e. The Morgan fingerprint density at radius 3 is 2.50 bits per heavy atom. The van der Waals surface area contributed by atoms with Crippen LogP contribution in [0.15, 0.2) is 46.9 Å². The number of aromatic hydroxyl groups is 1. The number of rotatable bonds is 2. The zero-order valence-electron chi connectivity index (χ0n) is 9.35. The quantitative estimate of drug-likeness (QED) is 0.747. The molecule has 0 aromatic heterocycles. The predicted octanol–water partition coefficient (Wildman–Crippen LogP) is 2.99. The van der Waals surface area contributed by atoms with Gasteiger partial charge in [-0.05, 0) is 42.5 Å². The molecule has 0 aliphatic carbocycles. The summed E-state index contributed by atoms with van der Waals surface area (Å²) in [5, 5.41) is 12.3. The number of carbonyl (C=O) groups is 1. The Kier molecular flexibility index (Phi) is 3.53. The van der Waals surface area contributed by atoms with Crippen LogP contribution in [-0.2, 0) is 0 Å². The first kappa shape index (κ1) is 12.4. The second-order valence-electron chi connectivity index (χ2n) is 3.74. The minimum absolute atomic E-state index is 0.0638. The molecule has 0 radical (unpaired) electrons. The molecule has 0 heterocycles. The monoisotopic (exact) mass is 306 g/mol. The highest BCUT2D eigenvalue weighted by atomic mass is 79.9. The van der Waals surface area contributed by atoms with Crippen LogP contribution in [0.1, 0.15) is 10.4 Å². The van der Waals surface area contributed by atoms with E-state index in [9.17, 15) is 9.90 Å². The highest BCUT2D eigenvalue weighted by Gasteiger charge is 2.11. The van der Waals surface area contributed by atoms with Crippen molar-refractivity contribution >= 4 is 33.2 Å². The van der Waals surface area contributed by atoms with E-state index < -0.39 is 0 Å². The fraction of sp³-hybridized carbons (Fsp3) is 0. The maximum atomic E-state index is 11.9. The summed E-state index contributed by atoms with van der Waals surface area (Å²) in [4.78, 5) is 11.9. The van der Waals surface area contributed by atoms with Crippen molar-refractivity contribution in [3.8, 4) is 5.75 Å². The van der Waals surface area contributed by atoms with E-state index in [-0.39, 0.29) is 17.2 Å². The number of nitrogen functional groups attached to an aromatic ring is 1. The van der Waals surface area contributed by atoms with Crippen molar-refractivity contribution in [2.24, 2.45) is 0 Å². The maximum absolute atomic E-state index is 11.9. The second kappa shape index (κ2) is 5.10. The molecule has 0 saturated carbocycles. The molecule has 0 bridgehead atoms. The largest absolute Gasteiger partial charge is 0.507 e. The van der Waals surface area contributed by atoms with E-state index in [0.717, 1.165) is 4.47 Å². The lowest BCUT2D eigenvalue weighted by atomic mass is 10.2. The number of benzene rings is 2. The molecule has 2 aromatic carbocycles. The van der Waals surface area contributed by atoms with Gasteiger partial charge < -0.3 is 16.2 Å². The lowest BCUT2D eigenvalue weighted by molar-refractivity contribution is 0.102. The SMILES string of the molecule is Nc1ccc(NC(=O)c2cc(Br)ccc2O)cc1. The van der Waals surface area contributed by atoms with Gasteiger partial charge in [-0.3, -0.25) is 4.79 Å². The van der Waals surface area contributed by atoms with Gasteiger partial charge in [0, 0.05) is 15.8 Å². The van der Waals surface area contributed by atoms with E-state index in [1.807, 2.05) is 0 Å². The number of hydrogen-bond donors (Lipinski definition) is 3. The number of phenolic OH excluding ortho intramolecular Hbond substituents is 1. The zero-order chi connectivity index (χ0) is 13.1. The number of phenols is 1. The Balaban J connectivity index is 2.21. The molecule has 0 saturated heterocycles. The molecule has 4 nitrogen and oxygen atoms in total. The summed E-state index contributed by atoms with van der Waals surface area (Å²) in [6, 6.07) is 11.5. The van der Waals surface area contributed by atoms with Crippen LogP contribution in [0, 0.1) is 0 Å². The number of hydrogen-bond acceptors (Lipinski definition) is 3. The number of carbonyl (C=O) groups excluding carboxylic acids is 1. The van der Waals surface area contributed by atoms with Crippen molar-refractivity contribution in [1.82, 2.24) is 0 Å². The normalized spacial score (nSPS) is 10.1. The van der Waals surface area contributed by atoms with Crippen molar-refractivity contribution in [3.63, 3.8) is 0 Å². The van der Waals surface area contributed by atoms with Gasteiger partial charge in [0.05, 0.1) is 5.56 Å². The van der Waals surface area contributed by atoms with Crippen molar-refractivity contribution in [2.75, 3.05) is 11.1 Å². The highest BCUT2D eigenvalue weighted by molar-refractivity contribution is 9.10. The lowest BCUT2D eigenvalue weighted by Crippen LogP contribution is -2.12. The molecule has 2 rings (SSSR count). The molecule has 0 unspecified atom stereocenters. The summed E-state index contributed by atoms with van der Waals surface area (Å²) in [7, 11) is 0. The Labute approximate surface area is 113 Å². The average molecular weight is 307 g/mol. The molecule has 0 spiro atoms. The summed E-state index contributed by atoms with van der Waals surface area (Å²) in [5.41, 5.74) is 7.01. The first-order valence-electron chi connectivity index (χ1n) is 5.21. The molecule has 4 N–H and O–H groups in total. The molecule has 18 heavy (non-hydrogen) atoms. The molecule has 5 heteroatoms. The summed E-state index contributed by atoms with van der Waals surface area (Å²) in [6.45, 7) is 0. The van der Waals surface area contributed by atoms with Gasteiger partial charge in [-0.25, -0.2) is 0 Å². The van der Waals surface area contributed by atoms with Gasteiger partial charge in [-0.2, -0.15) is 0 Å². The van der Waals surface area contributed by atoms with E-state index in [1.165, 1.54) is 6.07 Å². The number of nitrogens with one attached hydrogen (secondary N) is 1. The van der Waals surface area contributed by atoms with Gasteiger partial charge in [0.15, 0.2) is 0 Å². The lowest BCUT2D eigenvalue weighted by Gasteiger charge is -2.07. The van der Waals surface area contributed by atoms with Gasteiger partial charge in [0.2, 0.25) is 0 Å². The Morgan fingerprint density at radius 1 is 1.17 bits per heavy atom. The Bertz CT molecular complexity index is 582. The molecule has 0 atom stereocenters. The summed E-state index contributed by atoms with van der Waals surface area (Å²) in [5.74, 6) is -0.440. The van der Waals surface area contributed by atoms with Gasteiger partial charge in [0.25, 0.3) is 5.91 Å². The van der Waals surface area contributed by atoms with E-state index in [4.69, 9.17) is 5.73 Å². The van der Waals surface area contributed by atoms with Crippen LogP contribution in [0.4, 0.5) is 11.4 Å². The third-order valence-corrected chi connectivity index (χ3v) is 2.87. The summed E-state index contributed by atoms with van der Waals surface area (Å²) >= 11 is 3.25. The minimum Gasteiger partial charge on any atom is -0.507 e. The maximum Gasteiger partial charge on any atom is 0.259 e. The topological polar surface area (TPSA) is 75.3 Å². The minimum atomic E-state index is -0.376. The van der Waals surface area contributed by atoms with Crippen LogP contribution in [-0.4, -0.2) is 11.0 Å². The summed E-state index contributed by atoms with van der Waals surface area (Å²) in [6.07, 6.45) is 0. The third kappa shape index (κ3) is 2.81. The average Bonchev–Trinajstić information content (AvgIpc) is 2.35. The molecule has 0 fully saturated rings. The Hall–Kier alpha value is -2.01. The van der Waals surface area contributed by atoms with Crippen LogP contribution in [0.25, 0.3) is 0 Å². The molecule has 0 aliphatic heterocycles. The van der Waals surface area contributed by atoms with E-state index in [2.05, 4.69) is 21.2 Å². The van der Waals surface area contributed by atoms with Crippen molar-refractivity contribution in [2.45, 2.75) is 0 Å². The number of nitrogens with two attached hydrogens (primary N) is 1. The molecular weight excluding hydrogens is 296 g/mol. The fourth-order valence-corrected chi connectivity index (χ4v) is 1.82. The van der Waals surface area contributed by atoms with Crippen LogP contribution in [0.5, 0.6) is 5.75 Å². The van der Waals surface area contributed by atoms with E-state index >= 15 is 0 Å². The van der Waals surface area contributed by atoms with Gasteiger partial charge in [-0.1, -0.05) is 15.9 Å². The molecule has 1 amide bonds. The van der Waals surface area contributed by atoms with Crippen LogP contribution in [0.2, 0.25) is 0 Å². The van der Waals surface area contributed by atoms with Crippen molar-refractivity contribution in [3.05, 3.63) is 52.5 Å². The zero-order valence-corrected chi connectivity index (χ0v) is 10.9. The number of anilines is 2. The highest BCUT2D eigenvalue weighted by Crippen LogP contribution is 2.23. The molecule has 92 valence electrons. The van der Waals surface area contributed by atoms with Gasteiger partial charge in [0.1, 0.15) is 5.75 Å². The molecular formula is C13H11BrN2O2. The van der Waals surface area contributed by atoms with Crippen molar-refractivity contribution in [1.29, 1.82) is 0 Å². The van der Waals surface area contributed by atoms with E-state index in [0.29, 0.717) is 11.4 Å². The summed E-state index contributed by atoms with van der Waals surface area (Å²) < 4.78 is 0.725. The molecule has 2 aromatic rings. The second-order valence-corrected chi connectivity index (χ2v) is 4.65. The fourth-order valence-electron chi connectivity index (χ4n) is 1.46. The van der Waals surface area contributed by atoms with Crippen LogP contribution < -0.4 is 11.1 Å². The van der Waals surface area contributed by atoms with Crippen molar-refractivity contribution < 1.29 is 9.90 Å². The first-order chi connectivity index (χ1) is 8.56. The van der Waals surface area contributed by atoms with Gasteiger partial charge in [-0.15, -0.1) is 0 Å². The van der Waals surface area contributed by atoms with Crippen LogP contribution in [0.3, 0.4) is 0 Å². The van der Waals surface area contributed by atoms with Crippen LogP contribution >= 0.6 is 15.9 Å². The first-order valence-corrected chi connectivity index (χ1v) is 6.01. The molecule has 0 aliphatic rings. The third-order valence-electron chi connectivity index (χ3n) is 2.37. The standard InChI is InChI=1S/C13H11BrN2O2/c14-8-1-6-12(17)11(7-8)13(18)16-10-4-2-9(15)3-5-10/h1-7,17H,15H2,(H,16,18). The number of amides is 1. The van der Waals surface area contributed by atoms with E-state index in [1.54, 1.807) is 36.4 Å². The predicted molar refractivity (Wildman–Crippen MR) is 74.6 cm³/mol. The van der Waals surface area contributed by atoms with Gasteiger partial charge >= 0.3 is 0 Å². The Morgan fingerprint density at radius 2 is 1.83 bits per heavy atom. The number of halogens is 1.